The number of carbonyl (C=O) groups excluding carboxylic acids is 17. The predicted octanol–water partition coefficient (Wildman–Crippen LogP) is -1.74. The minimum Gasteiger partial charge on any atom is -0.508 e. The summed E-state index contributed by atoms with van der Waals surface area (Å²) in [4.78, 5) is 268. The van der Waals surface area contributed by atoms with Crippen molar-refractivity contribution in [3.05, 3.63) is 102 Å². The normalized spacial score (nSPS) is 23.7. The van der Waals surface area contributed by atoms with E-state index in [1.807, 2.05) is 13.8 Å². The van der Waals surface area contributed by atoms with Crippen LogP contribution in [0.2, 0.25) is 0 Å². The van der Waals surface area contributed by atoms with Gasteiger partial charge in [-0.3, -0.25) is 86.3 Å². The van der Waals surface area contributed by atoms with Crippen molar-refractivity contribution in [2.45, 2.75) is 230 Å². The number of aromatic nitrogens is 2. The van der Waals surface area contributed by atoms with Crippen molar-refractivity contribution in [3.63, 3.8) is 0 Å². The maximum atomic E-state index is 15.9. The standard InChI is InChI=1S/C89H129N21O20S/c1-12-14-24-69-83(124)99-60(35-49(3)4)80(121)104-67(78(119)95-43-73(93)113)47-131-48-75(115)97-63(37-52-28-30-55(111)31-29-52)86(127)106(9)51(7)77(118)100-65(40-72(92)112)88(129)110-34-20-27-70(110)84(125)103-66(41-91)82(123)101-62(36-50(5)6)85(126)105(8)45-74(114)96-61(38-53-42-94-58-23-18-16-21-56(53)58)81(122)98-59(32-33-90)79(120)102-64(87(128)108(11)71(25-15-13-2)89(130)107(69)10)39-54-44-109(46-76(116)117)68-26-19-17-22-57(54)68/h16-19,21-23,26,28-31,42,44,49-51,59-67,69-71,94,111H,12-15,20,24-25,27,32-41,43,45-48,90-91H2,1-11H3,(H2,92,112)(H2,93,113)(H,95,119)(H,96,114)(H,97,115)(H,98,122)(H,99,124)(H,100,118)(H,101,123)(H,102,120)(H,103,125)(H,104,121)(H,116,117)/t51-,59-,60-,61-,62-,63-,64-,65-,66-,67-,69-,70-,71-/m0/s1. The van der Waals surface area contributed by atoms with Gasteiger partial charge in [-0.1, -0.05) is 116 Å². The molecular formula is C89H129N21O20S. The van der Waals surface area contributed by atoms with Gasteiger partial charge in [0.25, 0.3) is 0 Å². The average molecular weight is 1850 g/mol. The molecule has 7 rings (SSSR count). The van der Waals surface area contributed by atoms with E-state index in [1.54, 1.807) is 82.4 Å². The number of para-hydroxylation sites is 2. The number of benzene rings is 3. The molecule has 41 nitrogen and oxygen atoms in total. The van der Waals surface area contributed by atoms with Crippen LogP contribution >= 0.6 is 11.8 Å². The lowest BCUT2D eigenvalue weighted by molar-refractivity contribution is -0.149. The van der Waals surface area contributed by atoms with Crippen LogP contribution in [0, 0.1) is 11.8 Å². The molecule has 17 amide bonds. The number of likely N-dealkylation sites (N-methyl/N-ethyl adjacent to an activating group) is 4. The fourth-order valence-electron chi connectivity index (χ4n) is 15.8. The molecule has 2 fully saturated rings. The summed E-state index contributed by atoms with van der Waals surface area (Å²) in [6, 6.07) is -0.126. The molecule has 4 heterocycles. The summed E-state index contributed by atoms with van der Waals surface area (Å²) in [6.45, 7) is 9.12. The second kappa shape index (κ2) is 50.4. The third-order valence-electron chi connectivity index (χ3n) is 23.0. The second-order valence-corrected chi connectivity index (χ2v) is 35.2. The molecule has 2 saturated heterocycles. The first kappa shape index (κ1) is 105. The van der Waals surface area contributed by atoms with Gasteiger partial charge in [-0.15, -0.1) is 11.8 Å². The van der Waals surface area contributed by atoms with E-state index in [9.17, 15) is 72.5 Å². The zero-order valence-corrected chi connectivity index (χ0v) is 77.0. The summed E-state index contributed by atoms with van der Waals surface area (Å²) >= 11 is 0.789. The number of carboxylic acid groups (broad SMARTS) is 1. The number of aromatic hydroxyl groups is 1. The van der Waals surface area contributed by atoms with Crippen LogP contribution in [0.5, 0.6) is 5.75 Å². The van der Waals surface area contributed by atoms with E-state index in [1.165, 1.54) is 75.0 Å². The van der Waals surface area contributed by atoms with Crippen molar-refractivity contribution in [2.75, 3.05) is 72.4 Å². The molecule has 0 bridgehead atoms. The molecular weight excluding hydrogens is 1720 g/mol. The number of phenolic OH excluding ortho intramolecular Hbond substituents is 1. The van der Waals surface area contributed by atoms with Crippen molar-refractivity contribution in [3.8, 4) is 5.75 Å². The average Bonchev–Trinajstić information content (AvgIpc) is 1.59. The Morgan fingerprint density at radius 3 is 1.73 bits per heavy atom. The highest BCUT2D eigenvalue weighted by Gasteiger charge is 2.44. The minimum atomic E-state index is -1.75. The van der Waals surface area contributed by atoms with Crippen molar-refractivity contribution in [1.82, 2.24) is 87.2 Å². The molecule has 131 heavy (non-hydrogen) atoms. The van der Waals surface area contributed by atoms with Gasteiger partial charge in [0.2, 0.25) is 100 Å². The van der Waals surface area contributed by atoms with Gasteiger partial charge in [0.15, 0.2) is 0 Å². The van der Waals surface area contributed by atoms with E-state index < -0.39 is 229 Å². The Hall–Kier alpha value is -12.7. The number of carboxylic acids is 1. The van der Waals surface area contributed by atoms with Crippen LogP contribution in [0.4, 0.5) is 0 Å². The number of nitrogens with two attached hydrogens (primary N) is 4. The van der Waals surface area contributed by atoms with Crippen LogP contribution in [0.15, 0.2) is 85.2 Å². The number of rotatable bonds is 26. The topological polar surface area (TPSA) is 609 Å². The Bertz CT molecular complexity index is 4910. The number of phenols is 1. The van der Waals surface area contributed by atoms with E-state index in [0.29, 0.717) is 64.2 Å². The maximum Gasteiger partial charge on any atom is 0.323 e. The van der Waals surface area contributed by atoms with Gasteiger partial charge in [-0.25, -0.2) is 0 Å². The smallest absolute Gasteiger partial charge is 0.323 e. The Morgan fingerprint density at radius 2 is 1.09 bits per heavy atom. The summed E-state index contributed by atoms with van der Waals surface area (Å²) < 4.78 is 1.45. The number of unbranched alkanes of at least 4 members (excludes halogenated alkanes) is 2. The van der Waals surface area contributed by atoms with Gasteiger partial charge in [0.1, 0.15) is 90.8 Å². The number of primary amides is 2. The van der Waals surface area contributed by atoms with Gasteiger partial charge in [-0.2, -0.15) is 0 Å². The molecule has 13 atom stereocenters. The van der Waals surface area contributed by atoms with Crippen molar-refractivity contribution in [2.24, 2.45) is 34.8 Å². The fraction of sp³-hybridized carbons (Fsp3) is 0.551. The van der Waals surface area contributed by atoms with E-state index in [4.69, 9.17) is 22.9 Å². The SMILES string of the molecule is CCCC[C@H]1C(=O)N(C)[C@@H](CCCC)C(=O)N[C@@H](CC(C)C)C(=O)N[C@H](C(=O)NCC(N)=O)CSCC(=O)N[C@@H](Cc2ccc(O)cc2)C(=O)N(C)[C@@H](C)C(=O)N[C@@H](CC(N)=O)C(=O)N2CCC[C@H]2C(=O)N[C@@H](CN)C(=O)N[C@@H](CC(C)C)C(=O)N(C)CC(=O)N[C@@H](Cc2c[nH]c3ccccc23)C(=O)N[C@@H](CCN)C(=O)N[C@@H](Cc2cn(CC(=O)O)c3ccccc23)C(=O)N1C. The van der Waals surface area contributed by atoms with E-state index >= 15 is 24.0 Å². The van der Waals surface area contributed by atoms with Crippen LogP contribution < -0.4 is 76.1 Å². The molecule has 0 aliphatic carbocycles. The van der Waals surface area contributed by atoms with Gasteiger partial charge >= 0.3 is 5.97 Å². The maximum absolute atomic E-state index is 15.9. The third-order valence-corrected chi connectivity index (χ3v) is 24.0. The molecule has 0 radical (unpaired) electrons. The van der Waals surface area contributed by atoms with Gasteiger partial charge in [0.05, 0.1) is 25.3 Å². The van der Waals surface area contributed by atoms with Gasteiger partial charge in [-0.05, 0) is 111 Å². The quantitative estimate of drug-likeness (QED) is 0.0292. The number of nitrogens with one attached hydrogen (secondary N) is 11. The Balaban J connectivity index is 1.31. The second-order valence-electron chi connectivity index (χ2n) is 34.2. The Kier molecular flexibility index (Phi) is 40.6. The third kappa shape index (κ3) is 30.4. The molecule has 0 spiro atoms. The number of thioether (sulfide) groups is 1. The van der Waals surface area contributed by atoms with Crippen LogP contribution in [-0.4, -0.2) is 302 Å². The number of carbonyl (C=O) groups is 18. The van der Waals surface area contributed by atoms with Crippen LogP contribution in [0.3, 0.4) is 0 Å². The Labute approximate surface area is 764 Å². The lowest BCUT2D eigenvalue weighted by atomic mass is 9.99. The fourth-order valence-corrected chi connectivity index (χ4v) is 16.7. The molecule has 716 valence electrons. The highest BCUT2D eigenvalue weighted by atomic mass is 32.2. The van der Waals surface area contributed by atoms with Crippen molar-refractivity contribution in [1.29, 1.82) is 0 Å². The number of aromatic amines is 1. The number of H-pyrrole nitrogens is 1. The lowest BCUT2D eigenvalue weighted by Crippen LogP contribution is -2.61. The van der Waals surface area contributed by atoms with E-state index in [0.717, 1.165) is 31.4 Å². The highest BCUT2D eigenvalue weighted by Crippen LogP contribution is 2.28. The molecule has 5 aromatic rings. The van der Waals surface area contributed by atoms with Gasteiger partial charge in [0, 0.05) is 100 Å². The first-order chi connectivity index (χ1) is 62.1. The zero-order valence-electron chi connectivity index (χ0n) is 76.2. The van der Waals surface area contributed by atoms with Crippen LogP contribution in [0.1, 0.15) is 142 Å². The number of amides is 17. The summed E-state index contributed by atoms with van der Waals surface area (Å²) in [5.74, 6) is -18.4. The predicted molar refractivity (Wildman–Crippen MR) is 486 cm³/mol. The number of hydrogen-bond donors (Lipinski definition) is 17. The number of aliphatic carboxylic acids is 1. The zero-order chi connectivity index (χ0) is 96.8. The first-order valence-corrected chi connectivity index (χ1v) is 45.3. The van der Waals surface area contributed by atoms with Crippen LogP contribution in [-0.2, 0) is 112 Å². The Morgan fingerprint density at radius 1 is 0.542 bits per heavy atom. The number of fused-ring (bicyclic) bond motifs is 3. The summed E-state index contributed by atoms with van der Waals surface area (Å²) in [5.41, 5.74) is 25.9. The monoisotopic (exact) mass is 1840 g/mol. The molecule has 42 heteroatoms. The van der Waals surface area contributed by atoms with Crippen molar-refractivity contribution < 1.29 is 96.5 Å². The molecule has 3 aromatic carbocycles. The first-order valence-electron chi connectivity index (χ1n) is 44.1. The highest BCUT2D eigenvalue weighted by molar-refractivity contribution is 8.00. The van der Waals surface area contributed by atoms with Gasteiger partial charge < -0.3 is 120 Å². The summed E-state index contributed by atoms with van der Waals surface area (Å²) in [6.07, 6.45) is 3.00. The number of nitrogens with zero attached hydrogens (tertiary/aromatic N) is 6. The molecule has 2 aromatic heterocycles. The molecule has 0 unspecified atom stereocenters. The summed E-state index contributed by atoms with van der Waals surface area (Å²) in [7, 11) is 5.20. The molecule has 0 saturated carbocycles. The molecule has 2 aliphatic heterocycles. The van der Waals surface area contributed by atoms with E-state index in [-0.39, 0.29) is 94.9 Å². The van der Waals surface area contributed by atoms with Crippen molar-refractivity contribution >= 4 is 140 Å². The largest absolute Gasteiger partial charge is 0.508 e. The summed E-state index contributed by atoms with van der Waals surface area (Å²) in [5, 5.41) is 47.9. The van der Waals surface area contributed by atoms with E-state index in [2.05, 4.69) is 58.2 Å². The minimum absolute atomic E-state index is 0.00330. The van der Waals surface area contributed by atoms with Crippen LogP contribution in [0.25, 0.3) is 21.8 Å². The molecule has 21 N–H and O–H groups in total. The molecule has 2 aliphatic rings. The lowest BCUT2D eigenvalue weighted by Gasteiger charge is -2.36. The number of hydrogen-bond acceptors (Lipinski definition) is 22.